The molecule has 2 aromatic heterocycles. The summed E-state index contributed by atoms with van der Waals surface area (Å²) in [5.74, 6) is -2.44. The molecule has 0 bridgehead atoms. The lowest BCUT2D eigenvalue weighted by molar-refractivity contribution is -0.132. The maximum absolute atomic E-state index is 15.9. The van der Waals surface area contributed by atoms with Gasteiger partial charge in [0, 0.05) is 95.5 Å². The summed E-state index contributed by atoms with van der Waals surface area (Å²) in [6.45, 7) is 2.31. The minimum Gasteiger partial charge on any atom is -0.493 e. The smallest absolute Gasteiger partial charge is 0.240 e. The molecule has 23 heteroatoms. The first-order valence-corrected chi connectivity index (χ1v) is 32.6. The first kappa shape index (κ1) is 63.8. The fourth-order valence-corrected chi connectivity index (χ4v) is 13.0. The van der Waals surface area contributed by atoms with Crippen LogP contribution in [0, 0.1) is 34.1 Å². The van der Waals surface area contributed by atoms with Crippen LogP contribution in [0.2, 0.25) is 0 Å². The van der Waals surface area contributed by atoms with Gasteiger partial charge in [0.25, 0.3) is 0 Å². The summed E-state index contributed by atoms with van der Waals surface area (Å²) in [5.41, 5.74) is -0.581. The highest BCUT2D eigenvalue weighted by Gasteiger charge is 2.58. The SMILES string of the molecule is COc1cc2c(Oc3ccc(NC(=O)C4(C(=O)Nc5ccc(F)c(C6CCC(NC7(COc8cc9nccc(Oc%10ccc(NC(=O)C%11(C(=O)Nc%12ccc(F)cc%12)CC%11)cc%10F)c9cc8OC)CC7)CC6)c5)CC4)cc3F)ccnc2cc1OCC1(NC2CCOCC2)CC1. The van der Waals surface area contributed by atoms with Crippen molar-refractivity contribution in [2.45, 2.75) is 119 Å². The molecule has 6 aliphatic rings. The third-order valence-electron chi connectivity index (χ3n) is 19.5. The lowest BCUT2D eigenvalue weighted by Crippen LogP contribution is -2.46. The van der Waals surface area contributed by atoms with Crippen LogP contribution in [0.4, 0.5) is 40.3 Å². The highest BCUT2D eigenvalue weighted by Crippen LogP contribution is 2.50. The minimum atomic E-state index is -1.40. The van der Waals surface area contributed by atoms with Gasteiger partial charge in [0.2, 0.25) is 23.6 Å². The molecule has 0 spiro atoms. The van der Waals surface area contributed by atoms with Crippen LogP contribution in [0.5, 0.6) is 46.0 Å². The third-order valence-corrected chi connectivity index (χ3v) is 19.5. The van der Waals surface area contributed by atoms with Gasteiger partial charge >= 0.3 is 0 Å². The van der Waals surface area contributed by atoms with Crippen molar-refractivity contribution in [1.29, 1.82) is 0 Å². The molecule has 19 nitrogen and oxygen atoms in total. The monoisotopic (exact) mass is 1310 g/mol. The second-order valence-electron chi connectivity index (χ2n) is 26.2. The Kier molecular flexibility index (Phi) is 17.4. The number of hydrogen-bond acceptors (Lipinski definition) is 15. The summed E-state index contributed by atoms with van der Waals surface area (Å²) >= 11 is 0. The molecule has 1 aliphatic heterocycles. The van der Waals surface area contributed by atoms with Crippen molar-refractivity contribution in [3.05, 3.63) is 156 Å². The van der Waals surface area contributed by atoms with E-state index in [0.29, 0.717) is 112 Å². The van der Waals surface area contributed by atoms with Crippen molar-refractivity contribution in [1.82, 2.24) is 20.6 Å². The van der Waals surface area contributed by atoms with Crippen molar-refractivity contribution < 1.29 is 69.9 Å². The van der Waals surface area contributed by atoms with Gasteiger partial charge in [-0.15, -0.1) is 0 Å². The van der Waals surface area contributed by atoms with Crippen LogP contribution >= 0.6 is 0 Å². The Labute approximate surface area is 550 Å². The van der Waals surface area contributed by atoms with E-state index in [4.69, 9.17) is 33.2 Å². The van der Waals surface area contributed by atoms with Gasteiger partial charge in [0.15, 0.2) is 46.1 Å². The van der Waals surface area contributed by atoms with Gasteiger partial charge in [0.05, 0.1) is 36.3 Å². The largest absolute Gasteiger partial charge is 0.493 e. The number of halogens is 4. The summed E-state index contributed by atoms with van der Waals surface area (Å²) in [6, 6.07) is 28.5. The van der Waals surface area contributed by atoms with Gasteiger partial charge in [-0.05, 0) is 192 Å². The number of nitrogens with one attached hydrogen (secondary N) is 6. The molecule has 6 fully saturated rings. The normalized spacial score (nSPS) is 19.3. The van der Waals surface area contributed by atoms with Crippen LogP contribution in [0.3, 0.4) is 0 Å². The fourth-order valence-electron chi connectivity index (χ4n) is 13.0. The maximum atomic E-state index is 15.9. The first-order valence-electron chi connectivity index (χ1n) is 32.6. The van der Waals surface area contributed by atoms with E-state index >= 15 is 13.2 Å². The molecule has 8 aromatic rings. The van der Waals surface area contributed by atoms with Crippen molar-refractivity contribution in [3.63, 3.8) is 0 Å². The molecule has 0 atom stereocenters. The Morgan fingerprint density at radius 2 is 0.875 bits per heavy atom. The molecule has 6 aromatic carbocycles. The van der Waals surface area contributed by atoms with E-state index in [1.54, 1.807) is 55.8 Å². The number of carbonyl (C=O) groups excluding carboxylic acids is 4. The van der Waals surface area contributed by atoms with E-state index in [0.717, 1.165) is 76.7 Å². The number of fused-ring (bicyclic) bond motifs is 2. The molecule has 5 aliphatic carbocycles. The standard InChI is InChI=1S/C73H72F4N8O11/c1-90-62-36-51-56(78-29-17-58(51)95-60-15-12-48(34-54(60)76)82-68(88)72(25-26-72)66(86)80-44-9-5-43(74)6-10-44)38-64(62)93-40-70(21-22-70)84-45-7-3-42(4-8-45)50-33-47(11-14-53(50)75)81-67(87)73(27-28-73)69(89)83-49-13-16-61(55(77)35-49)96-59-18-30-79-57-39-65(63(91-2)37-52(57)59)94-41-71(23-24-71)85-46-19-31-92-32-20-46/h5-6,9-18,29-30,33-39,42,45-46,84-85H,3-4,7-8,19-28,31-32,40-41H2,1-2H3,(H,80,86)(H,81,87)(H,82,88)(H,83,89). The predicted octanol–water partition coefficient (Wildman–Crippen LogP) is 13.6. The van der Waals surface area contributed by atoms with Gasteiger partial charge in [-0.3, -0.25) is 29.1 Å². The number of nitrogens with zero attached hydrogens (tertiary/aromatic N) is 2. The van der Waals surface area contributed by atoms with Crippen molar-refractivity contribution in [2.24, 2.45) is 10.8 Å². The van der Waals surface area contributed by atoms with Crippen LogP contribution in [0.15, 0.2) is 128 Å². The second-order valence-corrected chi connectivity index (χ2v) is 26.2. The number of methoxy groups -OCH3 is 2. The number of amides is 4. The molecule has 4 amide bonds. The van der Waals surface area contributed by atoms with Gasteiger partial charge in [-0.25, -0.2) is 17.6 Å². The number of anilines is 4. The lowest BCUT2D eigenvalue weighted by Gasteiger charge is -2.33. The number of hydrogen-bond donors (Lipinski definition) is 6. The zero-order chi connectivity index (χ0) is 66.3. The molecular weight excluding hydrogens is 1240 g/mol. The number of rotatable bonds is 25. The van der Waals surface area contributed by atoms with Crippen LogP contribution in [0.1, 0.15) is 101 Å². The summed E-state index contributed by atoms with van der Waals surface area (Å²) in [4.78, 5) is 63.2. The number of ether oxygens (including phenoxy) is 7. The number of pyridine rings is 2. The summed E-state index contributed by atoms with van der Waals surface area (Å²) < 4.78 is 103. The molecule has 3 heterocycles. The molecule has 14 rings (SSSR count). The molecule has 0 radical (unpaired) electrons. The maximum Gasteiger partial charge on any atom is 0.240 e. The average molecular weight is 1310 g/mol. The van der Waals surface area contributed by atoms with E-state index in [1.165, 1.54) is 74.0 Å². The quantitative estimate of drug-likeness (QED) is 0.0231. The molecule has 96 heavy (non-hydrogen) atoms. The van der Waals surface area contributed by atoms with Gasteiger partial charge < -0.3 is 65.1 Å². The Hall–Kier alpha value is -9.58. The third kappa shape index (κ3) is 13.7. The Balaban J connectivity index is 0.549. The Morgan fingerprint density at radius 1 is 0.448 bits per heavy atom. The first-order chi connectivity index (χ1) is 46.5. The van der Waals surface area contributed by atoms with Gasteiger partial charge in [0.1, 0.15) is 47.2 Å². The van der Waals surface area contributed by atoms with Crippen LogP contribution < -0.4 is 60.3 Å². The van der Waals surface area contributed by atoms with Crippen LogP contribution in [-0.4, -0.2) is 97.4 Å². The van der Waals surface area contributed by atoms with Crippen molar-refractivity contribution in [2.75, 3.05) is 61.9 Å². The predicted molar refractivity (Wildman–Crippen MR) is 350 cm³/mol. The molecule has 0 unspecified atom stereocenters. The zero-order valence-corrected chi connectivity index (χ0v) is 53.0. The summed E-state index contributed by atoms with van der Waals surface area (Å²) in [6.07, 6.45) is 12.9. The van der Waals surface area contributed by atoms with Gasteiger partial charge in [-0.1, -0.05) is 0 Å². The van der Waals surface area contributed by atoms with E-state index in [1.807, 2.05) is 0 Å². The van der Waals surface area contributed by atoms with Crippen LogP contribution in [0.25, 0.3) is 21.8 Å². The summed E-state index contributed by atoms with van der Waals surface area (Å²) in [7, 11) is 3.07. The lowest BCUT2D eigenvalue weighted by atomic mass is 9.81. The highest BCUT2D eigenvalue weighted by molar-refractivity contribution is 6.18. The topological polar surface area (TPSA) is 231 Å². The van der Waals surface area contributed by atoms with E-state index in [-0.39, 0.29) is 70.3 Å². The molecule has 1 saturated heterocycles. The Morgan fingerprint density at radius 3 is 1.31 bits per heavy atom. The average Bonchev–Trinajstić information content (AvgIpc) is 1.68. The van der Waals surface area contributed by atoms with E-state index < -0.39 is 51.9 Å². The van der Waals surface area contributed by atoms with Crippen molar-refractivity contribution in [3.8, 4) is 46.0 Å². The number of carbonyl (C=O) groups is 4. The fraction of sp³-hybridized carbons (Fsp3) is 0.370. The highest BCUT2D eigenvalue weighted by atomic mass is 19.1. The second kappa shape index (κ2) is 26.2. The zero-order valence-electron chi connectivity index (χ0n) is 53.0. The van der Waals surface area contributed by atoms with Crippen LogP contribution in [-0.2, 0) is 23.9 Å². The Bertz CT molecular complexity index is 4320. The van der Waals surface area contributed by atoms with E-state index in [9.17, 15) is 23.6 Å². The molecule has 6 N–H and O–H groups in total. The number of benzene rings is 6. The van der Waals surface area contributed by atoms with Crippen molar-refractivity contribution >= 4 is 68.2 Å². The number of aromatic nitrogens is 2. The molecule has 5 saturated carbocycles. The van der Waals surface area contributed by atoms with Gasteiger partial charge in [-0.2, -0.15) is 0 Å². The minimum absolute atomic E-state index is 0.0945. The molecule has 498 valence electrons. The van der Waals surface area contributed by atoms with E-state index in [2.05, 4.69) is 41.9 Å². The summed E-state index contributed by atoms with van der Waals surface area (Å²) in [5, 5.41) is 19.6. The molecular formula is C73H72F4N8O11.